The van der Waals surface area contributed by atoms with Gasteiger partial charge in [0.05, 0.1) is 21.7 Å². The molecule has 10 rings (SSSR count). The average Bonchev–Trinajstić information content (AvgIpc) is 3.78. The molecular weight excluding hydrogens is 617 g/mol. The number of thiophene rings is 1. The molecule has 3 nitrogen and oxygen atoms in total. The molecule has 0 saturated heterocycles. The number of hydrogen-bond acceptors (Lipinski definition) is 4. The summed E-state index contributed by atoms with van der Waals surface area (Å²) in [5, 5.41) is 0. The molecule has 49 heavy (non-hydrogen) atoms. The fourth-order valence-corrected chi connectivity index (χ4v) is 9.03. The van der Waals surface area contributed by atoms with E-state index < -0.39 is 5.41 Å². The number of benzene rings is 5. The number of hydrogen-bond donors (Lipinski definition) is 0. The molecule has 0 bridgehead atoms. The van der Waals surface area contributed by atoms with Crippen molar-refractivity contribution in [3.8, 4) is 60.5 Å². The lowest BCUT2D eigenvalue weighted by molar-refractivity contribution is 0.206. The quantitative estimate of drug-likeness (QED) is 0.191. The second-order valence-electron chi connectivity index (χ2n) is 12.8. The van der Waals surface area contributed by atoms with Gasteiger partial charge in [-0.1, -0.05) is 140 Å². The van der Waals surface area contributed by atoms with Gasteiger partial charge in [0.25, 0.3) is 0 Å². The molecule has 4 heteroatoms. The number of para-hydroxylation sites is 1. The minimum Gasteiger partial charge on any atom is -0.485 e. The normalized spacial score (nSPS) is 16.2. The van der Waals surface area contributed by atoms with Gasteiger partial charge >= 0.3 is 0 Å². The molecule has 1 aliphatic heterocycles. The van der Waals surface area contributed by atoms with Crippen molar-refractivity contribution in [2.45, 2.75) is 17.9 Å². The second-order valence-corrected chi connectivity index (χ2v) is 13.9. The van der Waals surface area contributed by atoms with Crippen LogP contribution in [0.25, 0.3) is 54.8 Å². The van der Waals surface area contributed by atoms with Gasteiger partial charge in [-0.3, -0.25) is 0 Å². The maximum atomic E-state index is 7.07. The predicted molar refractivity (Wildman–Crippen MR) is 200 cm³/mol. The predicted octanol–water partition coefficient (Wildman–Crippen LogP) is 11.2. The minimum absolute atomic E-state index is 0.0546. The lowest BCUT2D eigenvalue weighted by Crippen LogP contribution is -2.42. The molecule has 2 aromatic heterocycles. The molecule has 2 aliphatic carbocycles. The van der Waals surface area contributed by atoms with E-state index in [1.54, 1.807) is 11.3 Å². The molecule has 0 radical (unpaired) electrons. The first-order valence-corrected chi connectivity index (χ1v) is 17.6. The van der Waals surface area contributed by atoms with Gasteiger partial charge in [-0.25, -0.2) is 9.97 Å². The van der Waals surface area contributed by atoms with Gasteiger partial charge in [-0.2, -0.15) is 0 Å². The first-order chi connectivity index (χ1) is 24.3. The monoisotopic (exact) mass is 646 g/mol. The molecule has 5 aromatic carbocycles. The van der Waals surface area contributed by atoms with Crippen LogP contribution < -0.4 is 4.74 Å². The number of fused-ring (bicyclic) bond motifs is 9. The lowest BCUT2D eigenvalue weighted by atomic mass is 9.63. The maximum absolute atomic E-state index is 7.07. The molecular formula is C45H30N2OS. The minimum atomic E-state index is -0.422. The fraction of sp³-hybridized carbons (Fsp3) is 0.0667. The molecule has 1 spiro atoms. The molecule has 1 atom stereocenters. The number of allylic oxidation sites excluding steroid dienone is 2. The van der Waals surface area contributed by atoms with E-state index in [9.17, 15) is 0 Å². The zero-order chi connectivity index (χ0) is 32.4. The summed E-state index contributed by atoms with van der Waals surface area (Å²) >= 11 is 1.75. The Morgan fingerprint density at radius 2 is 1.18 bits per heavy atom. The molecule has 3 aliphatic rings. The summed E-state index contributed by atoms with van der Waals surface area (Å²) < 4.78 is 7.07. The largest absolute Gasteiger partial charge is 0.485 e. The highest BCUT2D eigenvalue weighted by molar-refractivity contribution is 7.18. The van der Waals surface area contributed by atoms with Crippen LogP contribution >= 0.6 is 11.3 Å². The Kier molecular flexibility index (Phi) is 6.40. The Hall–Kier alpha value is -5.84. The number of ether oxygens (including phenoxy) is 1. The van der Waals surface area contributed by atoms with E-state index in [0.29, 0.717) is 0 Å². The van der Waals surface area contributed by atoms with E-state index >= 15 is 0 Å². The Morgan fingerprint density at radius 1 is 0.571 bits per heavy atom. The summed E-state index contributed by atoms with van der Waals surface area (Å²) in [6.45, 7) is 0. The molecule has 7 aromatic rings. The van der Waals surface area contributed by atoms with Crippen LogP contribution in [0.3, 0.4) is 0 Å². The van der Waals surface area contributed by atoms with Crippen LogP contribution in [0, 0.1) is 0 Å². The van der Waals surface area contributed by atoms with Crippen LogP contribution in [0.15, 0.2) is 169 Å². The lowest BCUT2D eigenvalue weighted by Gasteiger charge is -2.45. The van der Waals surface area contributed by atoms with Crippen molar-refractivity contribution in [2.75, 3.05) is 0 Å². The van der Waals surface area contributed by atoms with Crippen LogP contribution in [-0.2, 0) is 5.41 Å². The summed E-state index contributed by atoms with van der Waals surface area (Å²) in [4.78, 5) is 12.4. The van der Waals surface area contributed by atoms with Gasteiger partial charge in [0.1, 0.15) is 11.9 Å². The van der Waals surface area contributed by atoms with E-state index in [4.69, 9.17) is 14.7 Å². The van der Waals surface area contributed by atoms with Crippen molar-refractivity contribution in [3.05, 3.63) is 186 Å². The molecule has 232 valence electrons. The third-order valence-electron chi connectivity index (χ3n) is 10.1. The fourth-order valence-electron chi connectivity index (χ4n) is 8.04. The van der Waals surface area contributed by atoms with E-state index in [1.807, 2.05) is 24.3 Å². The summed E-state index contributed by atoms with van der Waals surface area (Å²) in [5.41, 5.74) is 12.4. The van der Waals surface area contributed by atoms with E-state index in [0.717, 1.165) is 55.8 Å². The van der Waals surface area contributed by atoms with Crippen molar-refractivity contribution in [1.82, 2.24) is 9.97 Å². The Bertz CT molecular complexity index is 2350. The highest BCUT2D eigenvalue weighted by atomic mass is 32.1. The van der Waals surface area contributed by atoms with E-state index in [-0.39, 0.29) is 6.10 Å². The smallest absolute Gasteiger partial charge is 0.160 e. The first-order valence-electron chi connectivity index (χ1n) is 16.8. The zero-order valence-corrected chi connectivity index (χ0v) is 27.4. The van der Waals surface area contributed by atoms with Crippen LogP contribution in [0.2, 0.25) is 0 Å². The SMILES string of the molecule is C1=CCC2Oc3c(-c4ccc(-c5cc(-c6ccccc6)nc(-c6ccccc6)n5)s4)cccc3C3(C2=C1)c1ccccc1-c1ccccc13. The van der Waals surface area contributed by atoms with Crippen LogP contribution in [0.4, 0.5) is 0 Å². The highest BCUT2D eigenvalue weighted by Gasteiger charge is 2.54. The molecule has 0 N–H and O–H groups in total. The van der Waals surface area contributed by atoms with Gasteiger partial charge in [0.15, 0.2) is 5.82 Å². The molecule has 0 fully saturated rings. The van der Waals surface area contributed by atoms with Crippen LogP contribution in [0.5, 0.6) is 5.75 Å². The molecule has 3 heterocycles. The molecule has 0 amide bonds. The topological polar surface area (TPSA) is 35.0 Å². The summed E-state index contributed by atoms with van der Waals surface area (Å²) in [6.07, 6.45) is 7.52. The van der Waals surface area contributed by atoms with Gasteiger partial charge in [0, 0.05) is 33.6 Å². The molecule has 0 saturated carbocycles. The zero-order valence-electron chi connectivity index (χ0n) is 26.6. The maximum Gasteiger partial charge on any atom is 0.160 e. The first kappa shape index (κ1) is 28.2. The van der Waals surface area contributed by atoms with E-state index in [2.05, 4.69) is 140 Å². The number of rotatable bonds is 4. The van der Waals surface area contributed by atoms with Gasteiger partial charge in [-0.05, 0) is 52.1 Å². The average molecular weight is 647 g/mol. The van der Waals surface area contributed by atoms with Crippen molar-refractivity contribution in [1.29, 1.82) is 0 Å². The van der Waals surface area contributed by atoms with Crippen molar-refractivity contribution in [3.63, 3.8) is 0 Å². The number of nitrogens with zero attached hydrogens (tertiary/aromatic N) is 2. The van der Waals surface area contributed by atoms with Crippen molar-refractivity contribution in [2.24, 2.45) is 0 Å². The Labute approximate surface area is 289 Å². The highest BCUT2D eigenvalue weighted by Crippen LogP contribution is 2.62. The van der Waals surface area contributed by atoms with Gasteiger partial charge in [0.2, 0.25) is 0 Å². The summed E-state index contributed by atoms with van der Waals surface area (Å²) in [7, 11) is 0. The van der Waals surface area contributed by atoms with Gasteiger partial charge < -0.3 is 4.74 Å². The van der Waals surface area contributed by atoms with Crippen molar-refractivity contribution >= 4 is 11.3 Å². The third kappa shape index (κ3) is 4.27. The second kappa shape index (κ2) is 11.1. The summed E-state index contributed by atoms with van der Waals surface area (Å²) in [6, 6.07) is 51.7. The van der Waals surface area contributed by atoms with Gasteiger partial charge in [-0.15, -0.1) is 11.3 Å². The Morgan fingerprint density at radius 3 is 1.94 bits per heavy atom. The van der Waals surface area contributed by atoms with Crippen molar-refractivity contribution < 1.29 is 4.74 Å². The third-order valence-corrected chi connectivity index (χ3v) is 11.3. The molecule has 1 unspecified atom stereocenters. The Balaban J connectivity index is 1.15. The number of aromatic nitrogens is 2. The van der Waals surface area contributed by atoms with Crippen LogP contribution in [-0.4, -0.2) is 16.1 Å². The standard InChI is InChI=1S/C45H30N2OS/c1-3-14-29(15-4-1)38-28-39(47-44(46-38)30-16-5-2-6-17-30)42-27-26-41(49-42)33-20-13-24-37-43(33)48-40-25-12-11-23-36(40)45(37)34-21-9-7-18-31(34)32-19-8-10-22-35(32)45/h1-24,26-28,40H,25H2. The van der Waals surface area contributed by atoms with Crippen LogP contribution in [0.1, 0.15) is 23.1 Å². The summed E-state index contributed by atoms with van der Waals surface area (Å²) in [5.74, 6) is 1.69. The van der Waals surface area contributed by atoms with E-state index in [1.165, 1.54) is 33.4 Å².